The second-order valence-electron chi connectivity index (χ2n) is 4.40. The summed E-state index contributed by atoms with van der Waals surface area (Å²) in [6.07, 6.45) is -3.52. The van der Waals surface area contributed by atoms with Gasteiger partial charge in [0.2, 0.25) is 0 Å². The smallest absolute Gasteiger partial charge is 0.401 e. The first-order valence-corrected chi connectivity index (χ1v) is 6.07. The number of halogens is 3. The second kappa shape index (κ2) is 6.65. The van der Waals surface area contributed by atoms with Gasteiger partial charge >= 0.3 is 6.18 Å². The fourth-order valence-corrected chi connectivity index (χ4v) is 1.92. The number of nitrogens with two attached hydrogens (primary N) is 1. The van der Waals surface area contributed by atoms with E-state index in [9.17, 15) is 13.2 Å². The molecule has 0 aliphatic heterocycles. The summed E-state index contributed by atoms with van der Waals surface area (Å²) in [7, 11) is 1.50. The maximum Gasteiger partial charge on any atom is 0.401 e. The number of nitrogens with zero attached hydrogens (tertiary/aromatic N) is 1. The van der Waals surface area contributed by atoms with Crippen molar-refractivity contribution in [2.75, 3.05) is 25.9 Å². The van der Waals surface area contributed by atoms with Crippen molar-refractivity contribution in [3.8, 4) is 5.75 Å². The van der Waals surface area contributed by atoms with E-state index in [4.69, 9.17) is 10.5 Å². The van der Waals surface area contributed by atoms with Crippen LogP contribution in [0.15, 0.2) is 18.2 Å². The monoisotopic (exact) mass is 276 g/mol. The van der Waals surface area contributed by atoms with E-state index in [1.807, 2.05) is 6.92 Å². The van der Waals surface area contributed by atoms with Crippen molar-refractivity contribution in [1.82, 2.24) is 4.90 Å². The summed E-state index contributed by atoms with van der Waals surface area (Å²) in [6.45, 7) is 1.56. The number of benzene rings is 1. The van der Waals surface area contributed by atoms with Crippen LogP contribution in [-0.4, -0.2) is 31.3 Å². The molecule has 0 unspecified atom stereocenters. The standard InChI is InChI=1S/C13H19F3N2O/c1-3-6-18(9-13(14,15)16)8-10-4-5-12(19-2)11(17)7-10/h4-5,7H,3,6,8-9,17H2,1-2H3. The average molecular weight is 276 g/mol. The van der Waals surface area contributed by atoms with Crippen LogP contribution < -0.4 is 10.5 Å². The van der Waals surface area contributed by atoms with Gasteiger partial charge in [-0.05, 0) is 30.7 Å². The summed E-state index contributed by atoms with van der Waals surface area (Å²) < 4.78 is 42.3. The third-order valence-corrected chi connectivity index (χ3v) is 2.64. The van der Waals surface area contributed by atoms with E-state index in [1.54, 1.807) is 18.2 Å². The number of rotatable bonds is 6. The molecule has 0 saturated heterocycles. The quantitative estimate of drug-likeness (QED) is 0.812. The zero-order chi connectivity index (χ0) is 14.5. The highest BCUT2D eigenvalue weighted by Gasteiger charge is 2.30. The lowest BCUT2D eigenvalue weighted by molar-refractivity contribution is -0.147. The Bertz CT molecular complexity index is 407. The van der Waals surface area contributed by atoms with Crippen molar-refractivity contribution in [3.05, 3.63) is 23.8 Å². The molecule has 0 atom stereocenters. The minimum Gasteiger partial charge on any atom is -0.495 e. The van der Waals surface area contributed by atoms with E-state index in [1.165, 1.54) is 12.0 Å². The van der Waals surface area contributed by atoms with E-state index < -0.39 is 12.7 Å². The van der Waals surface area contributed by atoms with Gasteiger partial charge in [-0.3, -0.25) is 4.90 Å². The Morgan fingerprint density at radius 3 is 2.47 bits per heavy atom. The number of alkyl halides is 3. The molecule has 2 N–H and O–H groups in total. The summed E-state index contributed by atoms with van der Waals surface area (Å²) in [5.74, 6) is 0.529. The summed E-state index contributed by atoms with van der Waals surface area (Å²) in [6, 6.07) is 5.05. The van der Waals surface area contributed by atoms with Crippen molar-refractivity contribution in [2.45, 2.75) is 26.1 Å². The average Bonchev–Trinajstić information content (AvgIpc) is 2.27. The number of methoxy groups -OCH3 is 1. The molecule has 0 bridgehead atoms. The fourth-order valence-electron chi connectivity index (χ4n) is 1.92. The van der Waals surface area contributed by atoms with Crippen molar-refractivity contribution in [1.29, 1.82) is 0 Å². The lowest BCUT2D eigenvalue weighted by Gasteiger charge is -2.23. The lowest BCUT2D eigenvalue weighted by Crippen LogP contribution is -2.34. The SMILES string of the molecule is CCCN(Cc1ccc(OC)c(N)c1)CC(F)(F)F. The molecular weight excluding hydrogens is 257 g/mol. The minimum atomic E-state index is -4.19. The maximum absolute atomic E-state index is 12.4. The van der Waals surface area contributed by atoms with E-state index >= 15 is 0 Å². The molecule has 3 nitrogen and oxygen atoms in total. The first-order chi connectivity index (χ1) is 8.85. The maximum atomic E-state index is 12.4. The van der Waals surface area contributed by atoms with Crippen LogP contribution in [0.5, 0.6) is 5.75 Å². The highest BCUT2D eigenvalue weighted by atomic mass is 19.4. The summed E-state index contributed by atoms with van der Waals surface area (Å²) in [4.78, 5) is 1.36. The molecule has 108 valence electrons. The first kappa shape index (κ1) is 15.6. The number of hydrogen-bond acceptors (Lipinski definition) is 3. The molecule has 0 fully saturated rings. The van der Waals surface area contributed by atoms with Crippen LogP contribution in [0.25, 0.3) is 0 Å². The highest BCUT2D eigenvalue weighted by Crippen LogP contribution is 2.24. The first-order valence-electron chi connectivity index (χ1n) is 6.07. The number of ether oxygens (including phenoxy) is 1. The van der Waals surface area contributed by atoms with E-state index in [0.29, 0.717) is 24.4 Å². The van der Waals surface area contributed by atoms with Gasteiger partial charge in [0.25, 0.3) is 0 Å². The fraction of sp³-hybridized carbons (Fsp3) is 0.538. The van der Waals surface area contributed by atoms with Crippen LogP contribution in [0.1, 0.15) is 18.9 Å². The molecule has 19 heavy (non-hydrogen) atoms. The van der Waals surface area contributed by atoms with Crippen molar-refractivity contribution in [3.63, 3.8) is 0 Å². The number of anilines is 1. The predicted molar refractivity (Wildman–Crippen MR) is 69.0 cm³/mol. The summed E-state index contributed by atoms with van der Waals surface area (Å²) in [5, 5.41) is 0. The molecule has 1 rings (SSSR count). The highest BCUT2D eigenvalue weighted by molar-refractivity contribution is 5.54. The van der Waals surface area contributed by atoms with Gasteiger partial charge in [-0.1, -0.05) is 13.0 Å². The Kier molecular flexibility index (Phi) is 5.47. The Hall–Kier alpha value is -1.43. The van der Waals surface area contributed by atoms with Gasteiger partial charge in [0.05, 0.1) is 19.3 Å². The molecule has 6 heteroatoms. The van der Waals surface area contributed by atoms with Crippen LogP contribution in [-0.2, 0) is 6.54 Å². The van der Waals surface area contributed by atoms with Gasteiger partial charge in [0.15, 0.2) is 0 Å². The van der Waals surface area contributed by atoms with Gasteiger partial charge in [0.1, 0.15) is 5.75 Å². The van der Waals surface area contributed by atoms with E-state index in [0.717, 1.165) is 5.56 Å². The molecule has 0 spiro atoms. The molecule has 0 saturated carbocycles. The topological polar surface area (TPSA) is 38.5 Å². The van der Waals surface area contributed by atoms with Crippen molar-refractivity contribution < 1.29 is 17.9 Å². The molecule has 0 amide bonds. The third-order valence-electron chi connectivity index (χ3n) is 2.64. The molecule has 1 aromatic carbocycles. The van der Waals surface area contributed by atoms with Gasteiger partial charge in [-0.25, -0.2) is 0 Å². The minimum absolute atomic E-state index is 0.224. The van der Waals surface area contributed by atoms with E-state index in [-0.39, 0.29) is 6.54 Å². The van der Waals surface area contributed by atoms with Crippen molar-refractivity contribution >= 4 is 5.69 Å². The van der Waals surface area contributed by atoms with Gasteiger partial charge in [0, 0.05) is 6.54 Å². The molecular formula is C13H19F3N2O. The third kappa shape index (κ3) is 5.38. The van der Waals surface area contributed by atoms with Crippen LogP contribution in [0.4, 0.5) is 18.9 Å². The molecule has 0 aliphatic rings. The molecule has 1 aromatic rings. The Balaban J connectivity index is 2.76. The van der Waals surface area contributed by atoms with Crippen LogP contribution >= 0.6 is 0 Å². The summed E-state index contributed by atoms with van der Waals surface area (Å²) in [5.41, 5.74) is 6.92. The normalized spacial score (nSPS) is 11.9. The Morgan fingerprint density at radius 2 is 2.00 bits per heavy atom. The second-order valence-corrected chi connectivity index (χ2v) is 4.40. The van der Waals surface area contributed by atoms with Gasteiger partial charge < -0.3 is 10.5 Å². The zero-order valence-corrected chi connectivity index (χ0v) is 11.1. The molecule has 0 aromatic heterocycles. The number of nitrogen functional groups attached to an aromatic ring is 1. The number of hydrogen-bond donors (Lipinski definition) is 1. The Labute approximate surface area is 111 Å². The molecule has 0 aliphatic carbocycles. The molecule has 0 radical (unpaired) electrons. The Morgan fingerprint density at radius 1 is 1.32 bits per heavy atom. The van der Waals surface area contributed by atoms with Crippen LogP contribution in [0.2, 0.25) is 0 Å². The molecule has 0 heterocycles. The zero-order valence-electron chi connectivity index (χ0n) is 11.1. The summed E-state index contributed by atoms with van der Waals surface area (Å²) >= 11 is 0. The van der Waals surface area contributed by atoms with Crippen LogP contribution in [0.3, 0.4) is 0 Å². The predicted octanol–water partition coefficient (Wildman–Crippen LogP) is 3.05. The van der Waals surface area contributed by atoms with Crippen LogP contribution in [0, 0.1) is 0 Å². The van der Waals surface area contributed by atoms with Gasteiger partial charge in [-0.2, -0.15) is 13.2 Å². The van der Waals surface area contributed by atoms with Crippen molar-refractivity contribution in [2.24, 2.45) is 0 Å². The largest absolute Gasteiger partial charge is 0.495 e. The lowest BCUT2D eigenvalue weighted by atomic mass is 10.1. The van der Waals surface area contributed by atoms with Gasteiger partial charge in [-0.15, -0.1) is 0 Å². The van der Waals surface area contributed by atoms with E-state index in [2.05, 4.69) is 0 Å².